The third-order valence-electron chi connectivity index (χ3n) is 5.19. The third-order valence-corrected chi connectivity index (χ3v) is 6.87. The topological polar surface area (TPSA) is 99.0 Å². The lowest BCUT2D eigenvalue weighted by Crippen LogP contribution is -2.27. The van der Waals surface area contributed by atoms with Crippen LogP contribution in [0.25, 0.3) is 6.08 Å². The first-order valence-corrected chi connectivity index (χ1v) is 12.0. The lowest BCUT2D eigenvalue weighted by molar-refractivity contribution is -0.384. The van der Waals surface area contributed by atoms with E-state index in [9.17, 15) is 19.7 Å². The van der Waals surface area contributed by atoms with Crippen LogP contribution in [0.2, 0.25) is 0 Å². The van der Waals surface area contributed by atoms with Crippen LogP contribution in [0, 0.1) is 10.1 Å². The van der Waals surface area contributed by atoms with Crippen molar-refractivity contribution in [2.75, 3.05) is 7.11 Å². The van der Waals surface area contributed by atoms with Crippen LogP contribution in [-0.4, -0.2) is 28.1 Å². The predicted molar refractivity (Wildman–Crippen MR) is 136 cm³/mol. The fourth-order valence-corrected chi connectivity index (χ4v) is 4.60. The zero-order valence-corrected chi connectivity index (χ0v) is 20.9. The number of thioether (sulfide) groups is 1. The van der Waals surface area contributed by atoms with Gasteiger partial charge in [0.15, 0.2) is 11.5 Å². The molecule has 0 unspecified atom stereocenters. The van der Waals surface area contributed by atoms with Gasteiger partial charge in [0.05, 0.1) is 23.5 Å². The maximum absolute atomic E-state index is 12.9. The van der Waals surface area contributed by atoms with Crippen LogP contribution in [0.15, 0.2) is 76.1 Å². The Morgan fingerprint density at radius 1 is 1.06 bits per heavy atom. The van der Waals surface area contributed by atoms with Gasteiger partial charge in [0, 0.05) is 16.6 Å². The Morgan fingerprint density at radius 3 is 2.49 bits per heavy atom. The number of carbonyl (C=O) groups is 2. The summed E-state index contributed by atoms with van der Waals surface area (Å²) in [5.41, 5.74) is 2.29. The molecule has 1 heterocycles. The second-order valence-corrected chi connectivity index (χ2v) is 9.33. The Bertz CT molecular complexity index is 1330. The van der Waals surface area contributed by atoms with E-state index in [1.807, 2.05) is 24.3 Å². The lowest BCUT2D eigenvalue weighted by atomic mass is 10.1. The van der Waals surface area contributed by atoms with Gasteiger partial charge in [-0.3, -0.25) is 24.6 Å². The molecular weight excluding hydrogens is 536 g/mol. The number of amides is 2. The minimum Gasteiger partial charge on any atom is -0.493 e. The summed E-state index contributed by atoms with van der Waals surface area (Å²) in [4.78, 5) is 37.2. The van der Waals surface area contributed by atoms with Crippen LogP contribution in [0.4, 0.5) is 10.5 Å². The summed E-state index contributed by atoms with van der Waals surface area (Å²) in [7, 11) is 1.50. The van der Waals surface area contributed by atoms with Gasteiger partial charge in [-0.05, 0) is 64.9 Å². The molecule has 1 aliphatic heterocycles. The molecule has 3 aromatic carbocycles. The van der Waals surface area contributed by atoms with Gasteiger partial charge in [0.1, 0.15) is 6.61 Å². The van der Waals surface area contributed by atoms with Gasteiger partial charge in [-0.2, -0.15) is 0 Å². The van der Waals surface area contributed by atoms with E-state index in [1.54, 1.807) is 36.4 Å². The minimum absolute atomic E-state index is 0.0106. The second-order valence-electron chi connectivity index (χ2n) is 7.48. The van der Waals surface area contributed by atoms with Crippen LogP contribution >= 0.6 is 27.7 Å². The number of nitrogens with zero attached hydrogens (tertiary/aromatic N) is 2. The Kier molecular flexibility index (Phi) is 7.52. The smallest absolute Gasteiger partial charge is 0.293 e. The average molecular weight is 555 g/mol. The summed E-state index contributed by atoms with van der Waals surface area (Å²) >= 11 is 4.34. The van der Waals surface area contributed by atoms with Crippen molar-refractivity contribution in [2.45, 2.75) is 13.2 Å². The Labute approximate surface area is 213 Å². The predicted octanol–water partition coefficient (Wildman–Crippen LogP) is 6.18. The molecule has 0 saturated carbocycles. The molecule has 35 heavy (non-hydrogen) atoms. The van der Waals surface area contributed by atoms with E-state index >= 15 is 0 Å². The fourth-order valence-electron chi connectivity index (χ4n) is 3.35. The minimum atomic E-state index is -0.457. The van der Waals surface area contributed by atoms with Gasteiger partial charge in [-0.15, -0.1) is 0 Å². The summed E-state index contributed by atoms with van der Waals surface area (Å²) in [5, 5.41) is 10.5. The largest absolute Gasteiger partial charge is 0.493 e. The Morgan fingerprint density at radius 2 is 1.80 bits per heavy atom. The van der Waals surface area contributed by atoms with E-state index < -0.39 is 4.92 Å². The molecule has 0 bridgehead atoms. The number of methoxy groups -OCH3 is 1. The number of non-ortho nitro benzene ring substituents is 1. The molecule has 1 saturated heterocycles. The Hall–Kier alpha value is -3.63. The molecule has 1 aliphatic rings. The zero-order valence-electron chi connectivity index (χ0n) is 18.5. The SMILES string of the molecule is COc1cc(/C=C2/SC(=O)N(Cc3ccccc3Br)C2=O)ccc1OCc1ccc([N+](=O)[O-])cc1. The molecule has 1 fully saturated rings. The number of imide groups is 1. The molecule has 0 aliphatic carbocycles. The zero-order chi connectivity index (χ0) is 24.9. The van der Waals surface area contributed by atoms with Gasteiger partial charge in [0.25, 0.3) is 16.8 Å². The maximum atomic E-state index is 12.9. The van der Waals surface area contributed by atoms with E-state index in [2.05, 4.69) is 15.9 Å². The third kappa shape index (κ3) is 5.72. The summed E-state index contributed by atoms with van der Waals surface area (Å²) in [6, 6.07) is 18.7. The number of hydrogen-bond acceptors (Lipinski definition) is 7. The molecule has 2 amide bonds. The van der Waals surface area contributed by atoms with E-state index in [0.717, 1.165) is 27.4 Å². The van der Waals surface area contributed by atoms with E-state index in [1.165, 1.54) is 24.1 Å². The second kappa shape index (κ2) is 10.7. The van der Waals surface area contributed by atoms with Gasteiger partial charge in [0.2, 0.25) is 0 Å². The number of nitro benzene ring substituents is 1. The maximum Gasteiger partial charge on any atom is 0.293 e. The van der Waals surface area contributed by atoms with Gasteiger partial charge in [-0.25, -0.2) is 0 Å². The summed E-state index contributed by atoms with van der Waals surface area (Å²) in [6.07, 6.45) is 1.65. The Balaban J connectivity index is 1.47. The van der Waals surface area contributed by atoms with Crippen LogP contribution in [-0.2, 0) is 17.9 Å². The van der Waals surface area contributed by atoms with E-state index in [-0.39, 0.29) is 30.0 Å². The molecule has 0 aromatic heterocycles. The highest BCUT2D eigenvalue weighted by molar-refractivity contribution is 9.10. The van der Waals surface area contributed by atoms with Crippen molar-refractivity contribution in [2.24, 2.45) is 0 Å². The normalized spacial score (nSPS) is 14.5. The molecule has 0 spiro atoms. The van der Waals surface area contributed by atoms with Gasteiger partial charge >= 0.3 is 0 Å². The number of nitro groups is 1. The number of halogens is 1. The number of ether oxygens (including phenoxy) is 2. The van der Waals surface area contributed by atoms with Crippen molar-refractivity contribution in [3.8, 4) is 11.5 Å². The van der Waals surface area contributed by atoms with Gasteiger partial charge < -0.3 is 9.47 Å². The molecule has 4 rings (SSSR count). The fraction of sp³-hybridized carbons (Fsp3) is 0.120. The number of hydrogen-bond donors (Lipinski definition) is 0. The van der Waals surface area contributed by atoms with Crippen LogP contribution < -0.4 is 9.47 Å². The molecule has 10 heteroatoms. The molecular formula is C25H19BrN2O6S. The van der Waals surface area contributed by atoms with Crippen LogP contribution in [0.5, 0.6) is 11.5 Å². The molecule has 178 valence electrons. The summed E-state index contributed by atoms with van der Waals surface area (Å²) < 4.78 is 12.1. The highest BCUT2D eigenvalue weighted by Gasteiger charge is 2.35. The van der Waals surface area contributed by atoms with Crippen molar-refractivity contribution in [1.82, 2.24) is 4.90 Å². The van der Waals surface area contributed by atoms with Crippen molar-refractivity contribution >= 4 is 50.6 Å². The molecule has 0 radical (unpaired) electrons. The standard InChI is InChI=1S/C25H19BrN2O6S/c1-33-22-12-17(8-11-21(22)34-15-16-6-9-19(10-7-16)28(31)32)13-23-24(29)27(25(30)35-23)14-18-4-2-3-5-20(18)26/h2-13H,14-15H2,1H3/b23-13+. The first kappa shape index (κ1) is 24.5. The highest BCUT2D eigenvalue weighted by Crippen LogP contribution is 2.36. The van der Waals surface area contributed by atoms with Crippen molar-refractivity contribution in [3.63, 3.8) is 0 Å². The molecule has 0 atom stereocenters. The van der Waals surface area contributed by atoms with Crippen LogP contribution in [0.3, 0.4) is 0 Å². The van der Waals surface area contributed by atoms with Gasteiger partial charge in [-0.1, -0.05) is 40.2 Å². The average Bonchev–Trinajstić information content (AvgIpc) is 3.11. The lowest BCUT2D eigenvalue weighted by Gasteiger charge is -2.13. The summed E-state index contributed by atoms with van der Waals surface area (Å²) in [5.74, 6) is 0.575. The molecule has 3 aromatic rings. The number of rotatable bonds is 8. The van der Waals surface area contributed by atoms with Crippen molar-refractivity contribution < 1.29 is 24.0 Å². The summed E-state index contributed by atoms with van der Waals surface area (Å²) in [6.45, 7) is 0.379. The van der Waals surface area contributed by atoms with Crippen LogP contribution in [0.1, 0.15) is 16.7 Å². The van der Waals surface area contributed by atoms with Crippen molar-refractivity contribution in [1.29, 1.82) is 0 Å². The number of carbonyl (C=O) groups excluding carboxylic acids is 2. The highest BCUT2D eigenvalue weighted by atomic mass is 79.9. The quantitative estimate of drug-likeness (QED) is 0.186. The van der Waals surface area contributed by atoms with Crippen molar-refractivity contribution in [3.05, 3.63) is 103 Å². The monoisotopic (exact) mass is 554 g/mol. The van der Waals surface area contributed by atoms with E-state index in [4.69, 9.17) is 9.47 Å². The molecule has 0 N–H and O–H groups in total. The first-order valence-electron chi connectivity index (χ1n) is 10.4. The van der Waals surface area contributed by atoms with E-state index in [0.29, 0.717) is 22.0 Å². The number of benzene rings is 3. The first-order chi connectivity index (χ1) is 16.9. The molecule has 8 nitrogen and oxygen atoms in total.